The summed E-state index contributed by atoms with van der Waals surface area (Å²) in [5.41, 5.74) is -0.588. The van der Waals surface area contributed by atoms with Gasteiger partial charge in [-0.15, -0.1) is 0 Å². The van der Waals surface area contributed by atoms with Crippen LogP contribution < -0.4 is 9.04 Å². The Hall–Kier alpha value is -3.54. The SMILES string of the molecule is Cc1cnc(-c2ccc3c(c2)N(S(=O)(=O)c2cccc(C(F)(F)F)c2)C[C@H](CCC(=O)O)O3)o1. The van der Waals surface area contributed by atoms with Crippen LogP contribution in [0.5, 0.6) is 5.75 Å². The minimum atomic E-state index is -4.73. The normalized spacial score (nSPS) is 16.1. The summed E-state index contributed by atoms with van der Waals surface area (Å²) in [6, 6.07) is 7.99. The molecule has 1 atom stereocenters. The Labute approximate surface area is 192 Å². The predicted octanol–water partition coefficient (Wildman–Crippen LogP) is 4.49. The van der Waals surface area contributed by atoms with Crippen LogP contribution in [0.2, 0.25) is 0 Å². The van der Waals surface area contributed by atoms with Crippen LogP contribution in [0.4, 0.5) is 18.9 Å². The van der Waals surface area contributed by atoms with E-state index in [2.05, 4.69) is 4.98 Å². The Kier molecular flexibility index (Phi) is 6.02. The largest absolute Gasteiger partial charge is 0.486 e. The van der Waals surface area contributed by atoms with E-state index < -0.39 is 38.7 Å². The lowest BCUT2D eigenvalue weighted by Crippen LogP contribution is -2.43. The molecule has 0 saturated heterocycles. The molecule has 1 N–H and O–H groups in total. The maximum absolute atomic E-state index is 13.5. The van der Waals surface area contributed by atoms with Gasteiger partial charge < -0.3 is 14.3 Å². The van der Waals surface area contributed by atoms with Crippen LogP contribution in [0.25, 0.3) is 11.5 Å². The van der Waals surface area contributed by atoms with Crippen molar-refractivity contribution in [2.75, 3.05) is 10.8 Å². The number of aryl methyl sites for hydroxylation is 1. The highest BCUT2D eigenvalue weighted by Crippen LogP contribution is 2.41. The monoisotopic (exact) mass is 496 g/mol. The van der Waals surface area contributed by atoms with Gasteiger partial charge in [-0.25, -0.2) is 13.4 Å². The number of rotatable bonds is 6. The maximum Gasteiger partial charge on any atom is 0.416 e. The van der Waals surface area contributed by atoms with Crippen molar-refractivity contribution in [3.63, 3.8) is 0 Å². The molecule has 2 heterocycles. The van der Waals surface area contributed by atoms with Gasteiger partial charge >= 0.3 is 12.1 Å². The molecule has 12 heteroatoms. The Morgan fingerprint density at radius 1 is 1.24 bits per heavy atom. The topological polar surface area (TPSA) is 110 Å². The second-order valence-electron chi connectivity index (χ2n) is 7.69. The van der Waals surface area contributed by atoms with Gasteiger partial charge in [0.2, 0.25) is 5.89 Å². The number of benzene rings is 2. The van der Waals surface area contributed by atoms with Crippen molar-refractivity contribution in [3.05, 3.63) is 60.0 Å². The number of nitrogens with zero attached hydrogens (tertiary/aromatic N) is 2. The first-order valence-corrected chi connectivity index (χ1v) is 11.5. The molecule has 180 valence electrons. The smallest absolute Gasteiger partial charge is 0.416 e. The molecule has 34 heavy (non-hydrogen) atoms. The molecule has 0 saturated carbocycles. The molecule has 1 aliphatic rings. The van der Waals surface area contributed by atoms with E-state index in [0.29, 0.717) is 17.4 Å². The van der Waals surface area contributed by atoms with Gasteiger partial charge in [0.15, 0.2) is 0 Å². The number of alkyl halides is 3. The van der Waals surface area contributed by atoms with Crippen LogP contribution in [-0.2, 0) is 21.0 Å². The summed E-state index contributed by atoms with van der Waals surface area (Å²) in [5, 5.41) is 9.00. The number of oxazole rings is 1. The average Bonchev–Trinajstić information content (AvgIpc) is 3.22. The van der Waals surface area contributed by atoms with Gasteiger partial charge in [0, 0.05) is 12.0 Å². The highest BCUT2D eigenvalue weighted by Gasteiger charge is 2.37. The molecule has 0 bridgehead atoms. The Morgan fingerprint density at radius 3 is 2.65 bits per heavy atom. The standard InChI is InChI=1S/C22H19F3N2O6S/c1-13-11-26-21(32-13)14-5-7-19-18(9-14)27(12-16(33-19)6-8-20(28)29)34(30,31)17-4-2-3-15(10-17)22(23,24)25/h2-5,7,9-11,16H,6,8,12H2,1H3,(H,28,29)/t16-/m0/s1. The van der Waals surface area contributed by atoms with Crippen LogP contribution >= 0.6 is 0 Å². The number of hydrogen-bond acceptors (Lipinski definition) is 6. The molecule has 0 amide bonds. The molecular weight excluding hydrogens is 477 g/mol. The molecule has 0 spiro atoms. The van der Waals surface area contributed by atoms with Gasteiger partial charge in [-0.3, -0.25) is 9.10 Å². The van der Waals surface area contributed by atoms with E-state index in [4.69, 9.17) is 14.3 Å². The van der Waals surface area contributed by atoms with Gasteiger partial charge in [0.1, 0.15) is 17.6 Å². The van der Waals surface area contributed by atoms with E-state index in [9.17, 15) is 26.4 Å². The number of sulfonamides is 1. The fourth-order valence-electron chi connectivity index (χ4n) is 3.56. The number of ether oxygens (including phenoxy) is 1. The molecule has 1 aliphatic heterocycles. The molecule has 2 aromatic carbocycles. The summed E-state index contributed by atoms with van der Waals surface area (Å²) in [6.07, 6.45) is -4.33. The number of halogens is 3. The van der Waals surface area contributed by atoms with Crippen LogP contribution in [-0.4, -0.2) is 37.1 Å². The Bertz CT molecular complexity index is 1340. The molecule has 4 rings (SSSR count). The number of fused-ring (bicyclic) bond motifs is 1. The van der Waals surface area contributed by atoms with Crippen molar-refractivity contribution in [2.24, 2.45) is 0 Å². The zero-order valence-corrected chi connectivity index (χ0v) is 18.6. The minimum Gasteiger partial charge on any atom is -0.486 e. The van der Waals surface area contributed by atoms with E-state index in [1.165, 1.54) is 18.3 Å². The van der Waals surface area contributed by atoms with E-state index in [0.717, 1.165) is 22.5 Å². The van der Waals surface area contributed by atoms with E-state index in [1.54, 1.807) is 13.0 Å². The lowest BCUT2D eigenvalue weighted by molar-refractivity contribution is -0.138. The van der Waals surface area contributed by atoms with Gasteiger partial charge in [0.05, 0.1) is 28.9 Å². The zero-order chi connectivity index (χ0) is 24.7. The molecule has 0 fully saturated rings. The van der Waals surface area contributed by atoms with E-state index >= 15 is 0 Å². The number of carboxylic acids is 1. The van der Waals surface area contributed by atoms with Crippen molar-refractivity contribution in [1.82, 2.24) is 4.98 Å². The number of aromatic nitrogens is 1. The first-order chi connectivity index (χ1) is 15.9. The van der Waals surface area contributed by atoms with E-state index in [-0.39, 0.29) is 36.7 Å². The van der Waals surface area contributed by atoms with Gasteiger partial charge in [-0.2, -0.15) is 13.2 Å². The van der Waals surface area contributed by atoms with Gasteiger partial charge in [0.25, 0.3) is 10.0 Å². The summed E-state index contributed by atoms with van der Waals surface area (Å²) >= 11 is 0. The summed E-state index contributed by atoms with van der Waals surface area (Å²) in [6.45, 7) is 1.41. The molecule has 0 unspecified atom stereocenters. The minimum absolute atomic E-state index is 0.00404. The number of hydrogen-bond donors (Lipinski definition) is 1. The summed E-state index contributed by atoms with van der Waals surface area (Å²) in [7, 11) is -4.47. The van der Waals surface area contributed by atoms with Gasteiger partial charge in [-0.1, -0.05) is 6.07 Å². The number of carboxylic acid groups (broad SMARTS) is 1. The predicted molar refractivity (Wildman–Crippen MR) is 114 cm³/mol. The first-order valence-electron chi connectivity index (χ1n) is 10.1. The maximum atomic E-state index is 13.5. The highest BCUT2D eigenvalue weighted by molar-refractivity contribution is 7.92. The summed E-state index contributed by atoms with van der Waals surface area (Å²) in [4.78, 5) is 14.6. The Balaban J connectivity index is 1.80. The molecule has 1 aromatic heterocycles. The summed E-state index contributed by atoms with van der Waals surface area (Å²) in [5.74, 6) is -0.184. The fraction of sp³-hybridized carbons (Fsp3) is 0.273. The quantitative estimate of drug-likeness (QED) is 0.535. The molecule has 0 aliphatic carbocycles. The highest BCUT2D eigenvalue weighted by atomic mass is 32.2. The lowest BCUT2D eigenvalue weighted by atomic mass is 10.1. The average molecular weight is 496 g/mol. The number of anilines is 1. The van der Waals surface area contributed by atoms with Crippen molar-refractivity contribution in [3.8, 4) is 17.2 Å². The Morgan fingerprint density at radius 2 is 2.00 bits per heavy atom. The second kappa shape index (κ2) is 8.67. The lowest BCUT2D eigenvalue weighted by Gasteiger charge is -2.35. The third-order valence-electron chi connectivity index (χ3n) is 5.19. The molecule has 3 aromatic rings. The third-order valence-corrected chi connectivity index (χ3v) is 6.96. The molecular formula is C22H19F3N2O6S. The van der Waals surface area contributed by atoms with Crippen LogP contribution in [0, 0.1) is 6.92 Å². The molecule has 0 radical (unpaired) electrons. The van der Waals surface area contributed by atoms with Crippen LogP contribution in [0.1, 0.15) is 24.2 Å². The van der Waals surface area contributed by atoms with Crippen LogP contribution in [0.15, 0.2) is 58.0 Å². The fourth-order valence-corrected chi connectivity index (χ4v) is 5.10. The third kappa shape index (κ3) is 4.72. The van der Waals surface area contributed by atoms with E-state index in [1.807, 2.05) is 0 Å². The second-order valence-corrected chi connectivity index (χ2v) is 9.55. The first kappa shape index (κ1) is 23.6. The van der Waals surface area contributed by atoms with Crippen molar-refractivity contribution < 1.29 is 40.6 Å². The summed E-state index contributed by atoms with van der Waals surface area (Å²) < 4.78 is 78.9. The van der Waals surface area contributed by atoms with Crippen molar-refractivity contribution >= 4 is 21.7 Å². The van der Waals surface area contributed by atoms with Crippen LogP contribution in [0.3, 0.4) is 0 Å². The number of carbonyl (C=O) groups is 1. The van der Waals surface area contributed by atoms with Crippen molar-refractivity contribution in [2.45, 2.75) is 36.9 Å². The zero-order valence-electron chi connectivity index (χ0n) is 17.7. The molecule has 8 nitrogen and oxygen atoms in total. The van der Waals surface area contributed by atoms with Crippen molar-refractivity contribution in [1.29, 1.82) is 0 Å². The van der Waals surface area contributed by atoms with Gasteiger partial charge in [-0.05, 0) is 49.7 Å². The number of aliphatic carboxylic acids is 1.